The fourth-order valence-corrected chi connectivity index (χ4v) is 9.11. The van der Waals surface area contributed by atoms with E-state index in [4.69, 9.17) is 4.42 Å². The van der Waals surface area contributed by atoms with Gasteiger partial charge in [0.15, 0.2) is 5.58 Å². The first kappa shape index (κ1) is 31.6. The van der Waals surface area contributed by atoms with Crippen molar-refractivity contribution in [2.75, 3.05) is 4.90 Å². The fourth-order valence-electron chi connectivity index (χ4n) is 9.11. The maximum atomic E-state index is 7.10. The molecule has 11 rings (SSSR count). The molecule has 1 heterocycles. The van der Waals surface area contributed by atoms with Crippen LogP contribution in [0, 0.1) is 0 Å². The molecule has 9 aromatic carbocycles. The molecule has 0 fully saturated rings. The lowest BCUT2D eigenvalue weighted by molar-refractivity contribution is 0.660. The smallest absolute Gasteiger partial charge is 0.159 e. The summed E-state index contributed by atoms with van der Waals surface area (Å²) in [4.78, 5) is 2.38. The largest absolute Gasteiger partial charge is 0.454 e. The highest BCUT2D eigenvalue weighted by molar-refractivity contribution is 6.24. The number of rotatable bonds is 5. The summed E-state index contributed by atoms with van der Waals surface area (Å²) >= 11 is 0. The van der Waals surface area contributed by atoms with Crippen LogP contribution in [0.2, 0.25) is 0 Å². The van der Waals surface area contributed by atoms with E-state index in [1.165, 1.54) is 66.1 Å². The highest BCUT2D eigenvalue weighted by Crippen LogP contribution is 2.52. The van der Waals surface area contributed by atoms with E-state index in [0.717, 1.165) is 39.0 Å². The Bertz CT molecular complexity index is 3110. The molecule has 10 aromatic rings. The van der Waals surface area contributed by atoms with Crippen molar-refractivity contribution in [1.29, 1.82) is 0 Å². The minimum absolute atomic E-state index is 0.131. The van der Waals surface area contributed by atoms with Crippen LogP contribution in [0.3, 0.4) is 0 Å². The van der Waals surface area contributed by atoms with Crippen molar-refractivity contribution in [2.45, 2.75) is 19.3 Å². The van der Waals surface area contributed by atoms with E-state index < -0.39 is 0 Å². The van der Waals surface area contributed by atoms with Crippen molar-refractivity contribution in [3.05, 3.63) is 199 Å². The lowest BCUT2D eigenvalue weighted by Gasteiger charge is -2.28. The molecular weight excluding hydrogens is 667 g/mol. The van der Waals surface area contributed by atoms with Gasteiger partial charge in [0, 0.05) is 27.6 Å². The summed E-state index contributed by atoms with van der Waals surface area (Å²) in [6.07, 6.45) is 0. The van der Waals surface area contributed by atoms with Crippen molar-refractivity contribution in [3.8, 4) is 33.4 Å². The SMILES string of the molecule is CC1(C)c2ccccc2-c2ccc(N(c3ccc(-c4ccccc4)cc3)c3cccc4c3oc3cc(-c5ccc6ccccc6c5)c5ccccc5c34)cc21. The molecule has 260 valence electrons. The van der Waals surface area contributed by atoms with Gasteiger partial charge in [0.05, 0.1) is 5.69 Å². The zero-order valence-corrected chi connectivity index (χ0v) is 30.8. The molecule has 1 aromatic heterocycles. The molecule has 0 saturated carbocycles. The summed E-state index contributed by atoms with van der Waals surface area (Å²) in [5.74, 6) is 0. The normalized spacial score (nSPS) is 13.1. The summed E-state index contributed by atoms with van der Waals surface area (Å²) in [6, 6.07) is 68.3. The first-order chi connectivity index (χ1) is 27.0. The van der Waals surface area contributed by atoms with Gasteiger partial charge in [-0.15, -0.1) is 0 Å². The topological polar surface area (TPSA) is 16.4 Å². The van der Waals surface area contributed by atoms with Crippen LogP contribution in [0.25, 0.3) is 76.9 Å². The molecule has 2 nitrogen and oxygen atoms in total. The number of benzene rings is 9. The van der Waals surface area contributed by atoms with Gasteiger partial charge in [-0.1, -0.05) is 159 Å². The number of nitrogens with zero attached hydrogens (tertiary/aromatic N) is 1. The molecular formula is C53H37NO. The average Bonchev–Trinajstić information content (AvgIpc) is 3.73. The van der Waals surface area contributed by atoms with Gasteiger partial charge in [0.25, 0.3) is 0 Å². The van der Waals surface area contributed by atoms with E-state index in [2.05, 4.69) is 207 Å². The first-order valence-corrected chi connectivity index (χ1v) is 19.1. The molecule has 0 spiro atoms. The second-order valence-corrected chi connectivity index (χ2v) is 15.3. The molecule has 2 heteroatoms. The van der Waals surface area contributed by atoms with Crippen LogP contribution in [0.5, 0.6) is 0 Å². The summed E-state index contributed by atoms with van der Waals surface area (Å²) in [5.41, 5.74) is 14.9. The van der Waals surface area contributed by atoms with Crippen LogP contribution in [0.4, 0.5) is 17.1 Å². The number of hydrogen-bond donors (Lipinski definition) is 0. The summed E-state index contributed by atoms with van der Waals surface area (Å²) in [6.45, 7) is 4.69. The molecule has 1 aliphatic rings. The molecule has 0 saturated heterocycles. The third-order valence-electron chi connectivity index (χ3n) is 11.8. The van der Waals surface area contributed by atoms with E-state index in [1.54, 1.807) is 0 Å². The van der Waals surface area contributed by atoms with Gasteiger partial charge in [-0.05, 0) is 109 Å². The highest BCUT2D eigenvalue weighted by atomic mass is 16.3. The Kier molecular flexibility index (Phi) is 6.93. The maximum absolute atomic E-state index is 7.10. The Morgan fingerprint density at radius 3 is 1.93 bits per heavy atom. The number of para-hydroxylation sites is 1. The van der Waals surface area contributed by atoms with Crippen molar-refractivity contribution >= 4 is 60.5 Å². The second kappa shape index (κ2) is 12.1. The highest BCUT2D eigenvalue weighted by Gasteiger charge is 2.36. The zero-order chi connectivity index (χ0) is 36.7. The lowest BCUT2D eigenvalue weighted by atomic mass is 9.82. The maximum Gasteiger partial charge on any atom is 0.159 e. The van der Waals surface area contributed by atoms with Crippen molar-refractivity contribution in [3.63, 3.8) is 0 Å². The van der Waals surface area contributed by atoms with E-state index in [9.17, 15) is 0 Å². The monoisotopic (exact) mass is 703 g/mol. The predicted octanol–water partition coefficient (Wildman–Crippen LogP) is 15.0. The summed E-state index contributed by atoms with van der Waals surface area (Å²) in [5, 5.41) is 7.11. The van der Waals surface area contributed by atoms with Gasteiger partial charge in [-0.25, -0.2) is 0 Å². The molecule has 0 N–H and O–H groups in total. The van der Waals surface area contributed by atoms with Crippen molar-refractivity contribution in [2.24, 2.45) is 0 Å². The molecule has 1 aliphatic carbocycles. The van der Waals surface area contributed by atoms with Crippen LogP contribution in [-0.4, -0.2) is 0 Å². The van der Waals surface area contributed by atoms with Gasteiger partial charge < -0.3 is 9.32 Å². The molecule has 0 amide bonds. The van der Waals surface area contributed by atoms with Crippen LogP contribution in [0.1, 0.15) is 25.0 Å². The Morgan fingerprint density at radius 2 is 1.07 bits per heavy atom. The van der Waals surface area contributed by atoms with Crippen LogP contribution >= 0.6 is 0 Å². The number of anilines is 3. The minimum atomic E-state index is -0.131. The van der Waals surface area contributed by atoms with E-state index in [0.29, 0.717) is 0 Å². The molecule has 0 aliphatic heterocycles. The van der Waals surface area contributed by atoms with Crippen molar-refractivity contribution in [1.82, 2.24) is 0 Å². The molecule has 0 atom stereocenters. The standard InChI is InChI=1S/C53H37NO/c1-53(2)47-21-11-10-18-42(47)43-30-29-40(32-48(43)53)54(39-27-25-36(26-28-39)34-13-4-3-5-14-34)49-22-12-20-45-51-44-19-9-8-17-41(44)46(33-50(51)55-52(45)49)38-24-23-35-15-6-7-16-37(35)31-38/h3-33H,1-2H3. The third-order valence-corrected chi connectivity index (χ3v) is 11.8. The number of furan rings is 1. The minimum Gasteiger partial charge on any atom is -0.454 e. The Balaban J connectivity index is 1.14. The molecule has 55 heavy (non-hydrogen) atoms. The number of hydrogen-bond acceptors (Lipinski definition) is 2. The van der Waals surface area contributed by atoms with E-state index in [1.807, 2.05) is 0 Å². The van der Waals surface area contributed by atoms with E-state index in [-0.39, 0.29) is 5.41 Å². The Labute approximate surface area is 320 Å². The molecule has 0 bridgehead atoms. The quantitative estimate of drug-likeness (QED) is 0.177. The molecule has 0 radical (unpaired) electrons. The summed E-state index contributed by atoms with van der Waals surface area (Å²) < 4.78 is 7.10. The van der Waals surface area contributed by atoms with Crippen LogP contribution in [-0.2, 0) is 5.41 Å². The summed E-state index contributed by atoms with van der Waals surface area (Å²) in [7, 11) is 0. The van der Waals surface area contributed by atoms with Crippen LogP contribution in [0.15, 0.2) is 192 Å². The Hall–Kier alpha value is -6.90. The van der Waals surface area contributed by atoms with E-state index >= 15 is 0 Å². The first-order valence-electron chi connectivity index (χ1n) is 19.1. The zero-order valence-electron chi connectivity index (χ0n) is 30.8. The van der Waals surface area contributed by atoms with Gasteiger partial charge in [-0.2, -0.15) is 0 Å². The van der Waals surface area contributed by atoms with Crippen LogP contribution < -0.4 is 4.90 Å². The number of fused-ring (bicyclic) bond motifs is 9. The predicted molar refractivity (Wildman–Crippen MR) is 232 cm³/mol. The molecule has 0 unspecified atom stereocenters. The van der Waals surface area contributed by atoms with Gasteiger partial charge in [-0.3, -0.25) is 0 Å². The van der Waals surface area contributed by atoms with Gasteiger partial charge in [0.2, 0.25) is 0 Å². The van der Waals surface area contributed by atoms with Gasteiger partial charge >= 0.3 is 0 Å². The average molecular weight is 704 g/mol. The lowest BCUT2D eigenvalue weighted by Crippen LogP contribution is -2.16. The third kappa shape index (κ3) is 4.88. The Morgan fingerprint density at radius 1 is 0.418 bits per heavy atom. The second-order valence-electron chi connectivity index (χ2n) is 15.3. The van der Waals surface area contributed by atoms with Gasteiger partial charge in [0.1, 0.15) is 5.58 Å². The van der Waals surface area contributed by atoms with Crippen molar-refractivity contribution < 1.29 is 4.42 Å². The fraction of sp³-hybridized carbons (Fsp3) is 0.0566.